The van der Waals surface area contributed by atoms with Crippen molar-refractivity contribution in [3.05, 3.63) is 59.7 Å². The lowest BCUT2D eigenvalue weighted by Gasteiger charge is -2.28. The van der Waals surface area contributed by atoms with Crippen LogP contribution in [-0.4, -0.2) is 79.3 Å². The number of aliphatic carboxylic acids is 1. The molecule has 0 saturated heterocycles. The molecule has 1 aliphatic rings. The fraction of sp³-hybridized carbons (Fsp3) is 0.400. The number of rotatable bonds is 9. The van der Waals surface area contributed by atoms with Crippen molar-refractivity contribution in [3.8, 4) is 11.1 Å². The summed E-state index contributed by atoms with van der Waals surface area (Å²) in [5, 5.41) is 11.9. The molecular weight excluding hydrogens is 422 g/mol. The number of carbonyl (C=O) groups is 3. The molecule has 0 saturated carbocycles. The Morgan fingerprint density at radius 1 is 1.00 bits per heavy atom. The molecule has 176 valence electrons. The molecule has 0 heterocycles. The van der Waals surface area contributed by atoms with E-state index in [9.17, 15) is 19.5 Å². The van der Waals surface area contributed by atoms with Crippen LogP contribution in [0.1, 0.15) is 30.4 Å². The molecule has 2 amide bonds. The molecule has 0 aliphatic heterocycles. The lowest BCUT2D eigenvalue weighted by molar-refractivity contribution is -0.149. The molecule has 0 fully saturated rings. The Bertz CT molecular complexity index is 977. The van der Waals surface area contributed by atoms with Gasteiger partial charge in [0.1, 0.15) is 18.7 Å². The van der Waals surface area contributed by atoms with E-state index in [4.69, 9.17) is 4.74 Å². The van der Waals surface area contributed by atoms with Gasteiger partial charge in [-0.1, -0.05) is 48.5 Å². The van der Waals surface area contributed by atoms with Crippen molar-refractivity contribution in [1.82, 2.24) is 15.1 Å². The normalized spacial score (nSPS) is 14.2. The Labute approximate surface area is 194 Å². The molecule has 2 unspecified atom stereocenters. The average molecular weight is 454 g/mol. The van der Waals surface area contributed by atoms with Crippen molar-refractivity contribution in [2.75, 3.05) is 34.3 Å². The van der Waals surface area contributed by atoms with Gasteiger partial charge in [0.25, 0.3) is 0 Å². The maximum Gasteiger partial charge on any atom is 0.407 e. The Balaban J connectivity index is 1.69. The molecule has 0 spiro atoms. The Kier molecular flexibility index (Phi) is 7.71. The highest BCUT2D eigenvalue weighted by Crippen LogP contribution is 2.44. The van der Waals surface area contributed by atoms with E-state index in [2.05, 4.69) is 17.4 Å². The predicted molar refractivity (Wildman–Crippen MR) is 125 cm³/mol. The summed E-state index contributed by atoms with van der Waals surface area (Å²) in [6, 6.07) is 14.2. The van der Waals surface area contributed by atoms with Gasteiger partial charge < -0.3 is 25.0 Å². The van der Waals surface area contributed by atoms with Crippen LogP contribution in [0.5, 0.6) is 0 Å². The number of nitrogens with zero attached hydrogens (tertiary/aromatic N) is 2. The summed E-state index contributed by atoms with van der Waals surface area (Å²) >= 11 is 0. The van der Waals surface area contributed by atoms with Crippen LogP contribution in [0, 0.1) is 0 Å². The first-order valence-corrected chi connectivity index (χ1v) is 11.0. The van der Waals surface area contributed by atoms with Gasteiger partial charge in [-0.2, -0.15) is 0 Å². The third kappa shape index (κ3) is 5.51. The zero-order valence-electron chi connectivity index (χ0n) is 19.4. The van der Waals surface area contributed by atoms with Gasteiger partial charge in [-0.3, -0.25) is 4.79 Å². The van der Waals surface area contributed by atoms with E-state index in [-0.39, 0.29) is 12.5 Å². The SMILES string of the molecule is CC(C(=O)O)N(C)C(=O)C(CCN(C)C)NC(=O)OCC1c2ccccc2-c2ccccc21. The number of hydrogen-bond donors (Lipinski definition) is 2. The minimum Gasteiger partial charge on any atom is -0.480 e. The van der Waals surface area contributed by atoms with Crippen molar-refractivity contribution < 1.29 is 24.2 Å². The second-order valence-electron chi connectivity index (χ2n) is 8.58. The van der Waals surface area contributed by atoms with Crippen molar-refractivity contribution in [2.24, 2.45) is 0 Å². The number of carbonyl (C=O) groups excluding carboxylic acids is 2. The molecule has 8 heteroatoms. The van der Waals surface area contributed by atoms with Crippen LogP contribution in [0.3, 0.4) is 0 Å². The van der Waals surface area contributed by atoms with Gasteiger partial charge in [0.05, 0.1) is 0 Å². The minimum absolute atomic E-state index is 0.0891. The number of hydrogen-bond acceptors (Lipinski definition) is 5. The van der Waals surface area contributed by atoms with E-state index < -0.39 is 30.1 Å². The molecule has 2 aromatic rings. The molecule has 2 atom stereocenters. The summed E-state index contributed by atoms with van der Waals surface area (Å²) in [4.78, 5) is 39.9. The Morgan fingerprint density at radius 2 is 1.55 bits per heavy atom. The smallest absolute Gasteiger partial charge is 0.407 e. The van der Waals surface area contributed by atoms with Gasteiger partial charge in [0, 0.05) is 13.0 Å². The number of carboxylic acid groups (broad SMARTS) is 1. The maximum absolute atomic E-state index is 12.9. The lowest BCUT2D eigenvalue weighted by Crippen LogP contribution is -2.52. The first-order valence-electron chi connectivity index (χ1n) is 11.0. The van der Waals surface area contributed by atoms with Gasteiger partial charge >= 0.3 is 12.1 Å². The first kappa shape index (κ1) is 24.3. The van der Waals surface area contributed by atoms with Gasteiger partial charge in [-0.15, -0.1) is 0 Å². The summed E-state index contributed by atoms with van der Waals surface area (Å²) in [6.45, 7) is 2.10. The summed E-state index contributed by atoms with van der Waals surface area (Å²) in [5.41, 5.74) is 4.46. The van der Waals surface area contributed by atoms with E-state index in [0.717, 1.165) is 27.2 Å². The second kappa shape index (κ2) is 10.5. The van der Waals surface area contributed by atoms with Crippen molar-refractivity contribution in [3.63, 3.8) is 0 Å². The number of carboxylic acids is 1. The van der Waals surface area contributed by atoms with Crippen LogP contribution >= 0.6 is 0 Å². The largest absolute Gasteiger partial charge is 0.480 e. The highest BCUT2D eigenvalue weighted by atomic mass is 16.5. The van der Waals surface area contributed by atoms with Crippen molar-refractivity contribution >= 4 is 18.0 Å². The molecular formula is C25H31N3O5. The predicted octanol–water partition coefficient (Wildman–Crippen LogP) is 2.78. The van der Waals surface area contributed by atoms with E-state index >= 15 is 0 Å². The second-order valence-corrected chi connectivity index (χ2v) is 8.58. The van der Waals surface area contributed by atoms with Crippen LogP contribution in [0.4, 0.5) is 4.79 Å². The van der Waals surface area contributed by atoms with Crippen LogP contribution < -0.4 is 5.32 Å². The zero-order chi connectivity index (χ0) is 24.1. The van der Waals surface area contributed by atoms with Gasteiger partial charge in [-0.05, 0) is 56.2 Å². The van der Waals surface area contributed by atoms with Crippen molar-refractivity contribution in [2.45, 2.75) is 31.3 Å². The lowest BCUT2D eigenvalue weighted by atomic mass is 9.98. The fourth-order valence-electron chi connectivity index (χ4n) is 4.03. The topological polar surface area (TPSA) is 99.2 Å². The first-order chi connectivity index (χ1) is 15.7. The maximum atomic E-state index is 12.9. The molecule has 0 radical (unpaired) electrons. The number of nitrogens with one attached hydrogen (secondary N) is 1. The number of ether oxygens (including phenoxy) is 1. The van der Waals surface area contributed by atoms with Crippen LogP contribution in [0.25, 0.3) is 11.1 Å². The highest BCUT2D eigenvalue weighted by Gasteiger charge is 2.32. The van der Waals surface area contributed by atoms with Crippen LogP contribution in [0.15, 0.2) is 48.5 Å². The number of amides is 2. The number of alkyl carbamates (subject to hydrolysis) is 1. The number of fused-ring (bicyclic) bond motifs is 3. The molecule has 2 N–H and O–H groups in total. The Morgan fingerprint density at radius 3 is 2.06 bits per heavy atom. The van der Waals surface area contributed by atoms with Gasteiger partial charge in [0.2, 0.25) is 5.91 Å². The van der Waals surface area contributed by atoms with Gasteiger partial charge in [-0.25, -0.2) is 9.59 Å². The standard InChI is InChI=1S/C25H31N3O5/c1-16(24(30)31)28(4)23(29)22(13-14-27(2)3)26-25(32)33-15-21-19-11-7-5-9-17(19)18-10-6-8-12-20(18)21/h5-12,16,21-22H,13-15H2,1-4H3,(H,26,32)(H,30,31). The highest BCUT2D eigenvalue weighted by molar-refractivity contribution is 5.89. The third-order valence-electron chi connectivity index (χ3n) is 6.08. The summed E-state index contributed by atoms with van der Waals surface area (Å²) in [6.07, 6.45) is -0.377. The van der Waals surface area contributed by atoms with E-state index in [1.54, 1.807) is 0 Å². The number of benzene rings is 2. The third-order valence-corrected chi connectivity index (χ3v) is 6.08. The fourth-order valence-corrected chi connectivity index (χ4v) is 4.03. The molecule has 8 nitrogen and oxygen atoms in total. The summed E-state index contributed by atoms with van der Waals surface area (Å²) in [7, 11) is 5.14. The zero-order valence-corrected chi connectivity index (χ0v) is 19.4. The van der Waals surface area contributed by atoms with E-state index in [1.165, 1.54) is 14.0 Å². The van der Waals surface area contributed by atoms with Crippen molar-refractivity contribution in [1.29, 1.82) is 0 Å². The van der Waals surface area contributed by atoms with Crippen LogP contribution in [-0.2, 0) is 14.3 Å². The van der Waals surface area contributed by atoms with Gasteiger partial charge in [0.15, 0.2) is 0 Å². The molecule has 33 heavy (non-hydrogen) atoms. The molecule has 2 aromatic carbocycles. The summed E-state index contributed by atoms with van der Waals surface area (Å²) < 4.78 is 5.56. The molecule has 0 bridgehead atoms. The van der Waals surface area contributed by atoms with Crippen LogP contribution in [0.2, 0.25) is 0 Å². The minimum atomic E-state index is -1.11. The Hall–Kier alpha value is -3.39. The van der Waals surface area contributed by atoms with E-state index in [0.29, 0.717) is 13.0 Å². The van der Waals surface area contributed by atoms with E-state index in [1.807, 2.05) is 55.4 Å². The average Bonchev–Trinajstić information content (AvgIpc) is 3.12. The monoisotopic (exact) mass is 453 g/mol. The molecule has 3 rings (SSSR count). The molecule has 1 aliphatic carbocycles. The molecule has 0 aromatic heterocycles. The summed E-state index contributed by atoms with van der Waals surface area (Å²) in [5.74, 6) is -1.67. The quantitative estimate of drug-likeness (QED) is 0.606. The number of likely N-dealkylation sites (N-methyl/N-ethyl adjacent to an activating group) is 1.